The molecule has 0 aliphatic carbocycles. The van der Waals surface area contributed by atoms with Crippen LogP contribution in [0.25, 0.3) is 16.6 Å². The van der Waals surface area contributed by atoms with E-state index >= 15 is 0 Å². The van der Waals surface area contributed by atoms with E-state index < -0.39 is 0 Å². The number of halogens is 1. The number of amides is 1. The van der Waals surface area contributed by atoms with E-state index in [9.17, 15) is 14.4 Å². The Morgan fingerprint density at radius 1 is 0.957 bits per heavy atom. The van der Waals surface area contributed by atoms with Gasteiger partial charge in [0.25, 0.3) is 11.5 Å². The summed E-state index contributed by atoms with van der Waals surface area (Å²) in [5.41, 5.74) is 1.23. The van der Waals surface area contributed by atoms with Crippen molar-refractivity contribution < 1.29 is 19.1 Å². The first kappa shape index (κ1) is 38.0. The Morgan fingerprint density at radius 2 is 1.61 bits per heavy atom. The zero-order chi connectivity index (χ0) is 32.9. The van der Waals surface area contributed by atoms with Crippen LogP contribution >= 0.6 is 11.6 Å². The summed E-state index contributed by atoms with van der Waals surface area (Å²) in [6, 6.07) is 19.2. The first-order chi connectivity index (χ1) is 21.8. The molecule has 2 heterocycles. The molecule has 9 nitrogen and oxygen atoms in total. The summed E-state index contributed by atoms with van der Waals surface area (Å²) in [4.78, 5) is 46.9. The fraction of sp³-hybridized carbons (Fsp3) is 0.389. The minimum atomic E-state index is -0.276. The number of carbonyl (C=O) groups excluding carboxylic acids is 2. The molecule has 0 N–H and O–H groups in total. The van der Waals surface area contributed by atoms with Gasteiger partial charge in [0.05, 0.1) is 29.2 Å². The van der Waals surface area contributed by atoms with Gasteiger partial charge in [-0.15, -0.1) is 0 Å². The average molecular weight is 651 g/mol. The molecule has 5 rings (SSSR count). The van der Waals surface area contributed by atoms with Gasteiger partial charge < -0.3 is 14.4 Å². The van der Waals surface area contributed by atoms with Crippen LogP contribution in [0.4, 0.5) is 0 Å². The summed E-state index contributed by atoms with van der Waals surface area (Å²) >= 11 is 5.91. The average Bonchev–Trinajstić information content (AvgIpc) is 3.07. The number of benzene rings is 3. The van der Waals surface area contributed by atoms with Crippen molar-refractivity contribution in [2.45, 2.75) is 61.6 Å². The third kappa shape index (κ3) is 9.64. The molecule has 0 radical (unpaired) electrons. The van der Waals surface area contributed by atoms with Gasteiger partial charge in [-0.05, 0) is 68.4 Å². The lowest BCUT2D eigenvalue weighted by molar-refractivity contribution is -0.135. The van der Waals surface area contributed by atoms with E-state index in [1.54, 1.807) is 51.9 Å². The standard InChI is InChI=1S/C31H31ClN4O5.2C2H6.CH4/c1-21(2)41-28-6-4-3-5-27(28)36-29(33-26-12-7-22(19-37)17-25(26)31(36)39)18-34-13-15-35(16-14-34)30(38)20-40-24-10-8-23(32)9-11-24;2*1-2;/h3-12,17,19,21H,13-16,18,20H2,1-2H3;2*1-2H3;1H4. The first-order valence-electron chi connectivity index (χ1n) is 15.5. The lowest BCUT2D eigenvalue weighted by Gasteiger charge is -2.34. The summed E-state index contributed by atoms with van der Waals surface area (Å²) in [7, 11) is 0. The maximum absolute atomic E-state index is 13.9. The van der Waals surface area contributed by atoms with Crippen LogP contribution in [0.15, 0.2) is 71.5 Å². The monoisotopic (exact) mass is 650 g/mol. The minimum absolute atomic E-state index is 0. The molecule has 1 saturated heterocycles. The van der Waals surface area contributed by atoms with E-state index in [0.29, 0.717) is 83.5 Å². The Morgan fingerprint density at radius 3 is 2.24 bits per heavy atom. The Labute approximate surface area is 277 Å². The number of aldehydes is 1. The molecule has 0 bridgehead atoms. The van der Waals surface area contributed by atoms with Crippen molar-refractivity contribution in [1.29, 1.82) is 0 Å². The van der Waals surface area contributed by atoms with Crippen molar-refractivity contribution >= 4 is 34.7 Å². The second kappa shape index (κ2) is 18.7. The smallest absolute Gasteiger partial charge is 0.266 e. The Kier molecular flexibility index (Phi) is 15.4. The molecule has 1 fully saturated rings. The number of nitrogens with zero attached hydrogens (tertiary/aromatic N) is 4. The van der Waals surface area contributed by atoms with E-state index in [1.165, 1.54) is 0 Å². The van der Waals surface area contributed by atoms with Crippen LogP contribution in [0.5, 0.6) is 11.5 Å². The normalized spacial score (nSPS) is 12.7. The van der Waals surface area contributed by atoms with E-state index in [1.807, 2.05) is 65.8 Å². The third-order valence-corrected chi connectivity index (χ3v) is 7.08. The van der Waals surface area contributed by atoms with Crippen molar-refractivity contribution in [2.75, 3.05) is 32.8 Å². The van der Waals surface area contributed by atoms with Gasteiger partial charge in [0, 0.05) is 36.8 Å². The van der Waals surface area contributed by atoms with Crippen LogP contribution in [0.2, 0.25) is 5.02 Å². The maximum atomic E-state index is 13.9. The van der Waals surface area contributed by atoms with E-state index in [0.717, 1.165) is 0 Å². The first-order valence-corrected chi connectivity index (χ1v) is 15.9. The van der Waals surface area contributed by atoms with Gasteiger partial charge in [0.2, 0.25) is 0 Å². The second-order valence-corrected chi connectivity index (χ2v) is 10.5. The molecule has 0 spiro atoms. The van der Waals surface area contributed by atoms with Crippen molar-refractivity contribution in [3.8, 4) is 17.2 Å². The highest BCUT2D eigenvalue weighted by molar-refractivity contribution is 6.30. The van der Waals surface area contributed by atoms with Crippen LogP contribution in [-0.2, 0) is 11.3 Å². The van der Waals surface area contributed by atoms with E-state index in [-0.39, 0.29) is 31.6 Å². The van der Waals surface area contributed by atoms with Crippen LogP contribution < -0.4 is 15.0 Å². The lowest BCUT2D eigenvalue weighted by Crippen LogP contribution is -2.50. The molecule has 0 unspecified atom stereocenters. The number of para-hydroxylation sites is 2. The largest absolute Gasteiger partial charge is 0.489 e. The van der Waals surface area contributed by atoms with Gasteiger partial charge >= 0.3 is 0 Å². The van der Waals surface area contributed by atoms with E-state index in [4.69, 9.17) is 26.1 Å². The number of rotatable bonds is 9. The molecular weight excluding hydrogens is 604 g/mol. The number of ether oxygens (including phenoxy) is 2. The van der Waals surface area contributed by atoms with Crippen LogP contribution in [0.3, 0.4) is 0 Å². The molecule has 0 saturated carbocycles. The molecular formula is C36H47ClN4O5. The van der Waals surface area contributed by atoms with Gasteiger partial charge in [-0.3, -0.25) is 23.9 Å². The van der Waals surface area contributed by atoms with Gasteiger partial charge in [-0.1, -0.05) is 58.9 Å². The molecule has 1 aliphatic rings. The molecule has 1 aromatic heterocycles. The fourth-order valence-corrected chi connectivity index (χ4v) is 4.92. The molecule has 1 aliphatic heterocycles. The Balaban J connectivity index is 0.00000142. The van der Waals surface area contributed by atoms with Gasteiger partial charge in [-0.2, -0.15) is 0 Å². The summed E-state index contributed by atoms with van der Waals surface area (Å²) < 4.78 is 13.2. The van der Waals surface area contributed by atoms with Crippen molar-refractivity contribution in [3.63, 3.8) is 0 Å². The zero-order valence-electron chi connectivity index (χ0n) is 27.0. The Bertz CT molecular complexity index is 1610. The number of fused-ring (bicyclic) bond motifs is 1. The molecule has 3 aromatic carbocycles. The molecule has 248 valence electrons. The SMILES string of the molecule is C.CC.CC.CC(C)Oc1ccccc1-n1c(CN2CCN(C(=O)COc3ccc(Cl)cc3)CC2)nc2ccc(C=O)cc2c1=O. The number of carbonyl (C=O) groups is 2. The van der Waals surface area contributed by atoms with Crippen LogP contribution in [0, 0.1) is 0 Å². The number of piperazine rings is 1. The highest BCUT2D eigenvalue weighted by Gasteiger charge is 2.24. The predicted octanol–water partition coefficient (Wildman–Crippen LogP) is 7.05. The highest BCUT2D eigenvalue weighted by Crippen LogP contribution is 2.25. The van der Waals surface area contributed by atoms with Gasteiger partial charge in [0.1, 0.15) is 23.6 Å². The lowest BCUT2D eigenvalue weighted by atomic mass is 10.1. The van der Waals surface area contributed by atoms with Crippen molar-refractivity contribution in [3.05, 3.63) is 93.5 Å². The summed E-state index contributed by atoms with van der Waals surface area (Å²) in [6.07, 6.45) is 0.619. The molecule has 10 heteroatoms. The third-order valence-electron chi connectivity index (χ3n) is 6.83. The Hall–Kier alpha value is -4.21. The summed E-state index contributed by atoms with van der Waals surface area (Å²) in [5.74, 6) is 1.61. The number of aromatic nitrogens is 2. The minimum Gasteiger partial charge on any atom is -0.489 e. The molecule has 4 aromatic rings. The highest BCUT2D eigenvalue weighted by atomic mass is 35.5. The maximum Gasteiger partial charge on any atom is 0.266 e. The van der Waals surface area contributed by atoms with Crippen LogP contribution in [0.1, 0.15) is 65.2 Å². The van der Waals surface area contributed by atoms with Gasteiger partial charge in [0.15, 0.2) is 6.61 Å². The number of hydrogen-bond donors (Lipinski definition) is 0. The second-order valence-electron chi connectivity index (χ2n) is 10.1. The van der Waals surface area contributed by atoms with E-state index in [2.05, 4.69) is 4.90 Å². The summed E-state index contributed by atoms with van der Waals surface area (Å²) in [6.45, 7) is 14.5. The fourth-order valence-electron chi connectivity index (χ4n) is 4.80. The van der Waals surface area contributed by atoms with Crippen molar-refractivity contribution in [2.24, 2.45) is 0 Å². The zero-order valence-corrected chi connectivity index (χ0v) is 27.7. The molecule has 1 amide bonds. The topological polar surface area (TPSA) is 94.0 Å². The summed E-state index contributed by atoms with van der Waals surface area (Å²) in [5, 5.41) is 0.960. The van der Waals surface area contributed by atoms with Crippen molar-refractivity contribution in [1.82, 2.24) is 19.4 Å². The van der Waals surface area contributed by atoms with Crippen LogP contribution in [-0.4, -0.2) is 70.4 Å². The predicted molar refractivity (Wildman–Crippen MR) is 187 cm³/mol. The molecule has 0 atom stereocenters. The molecule has 46 heavy (non-hydrogen) atoms. The quantitative estimate of drug-likeness (QED) is 0.179. The van der Waals surface area contributed by atoms with Gasteiger partial charge in [-0.25, -0.2) is 4.98 Å². The number of hydrogen-bond acceptors (Lipinski definition) is 7.